The Labute approximate surface area is 86.4 Å². The average molecular weight is 251 g/mol. The summed E-state index contributed by atoms with van der Waals surface area (Å²) < 4.78 is 0. The van der Waals surface area contributed by atoms with Gasteiger partial charge in [0.2, 0.25) is 11.8 Å². The van der Waals surface area contributed by atoms with Gasteiger partial charge in [-0.25, -0.2) is 0 Å². The van der Waals surface area contributed by atoms with Gasteiger partial charge < -0.3 is 11.1 Å². The summed E-state index contributed by atoms with van der Waals surface area (Å²) in [6, 6.07) is 0. The first-order valence-corrected chi connectivity index (χ1v) is 5.15. The van der Waals surface area contributed by atoms with E-state index in [1.54, 1.807) is 6.92 Å². The van der Waals surface area contributed by atoms with Crippen LogP contribution in [0.4, 0.5) is 0 Å². The topological polar surface area (TPSA) is 72.2 Å². The molecule has 0 aliphatic carbocycles. The predicted octanol–water partition coefficient (Wildman–Crippen LogP) is 0.542. The second kappa shape index (κ2) is 6.88. The maximum absolute atomic E-state index is 11.0. The molecule has 13 heavy (non-hydrogen) atoms. The number of hydrogen-bond donors (Lipinski definition) is 2. The minimum absolute atomic E-state index is 0.0286. The summed E-state index contributed by atoms with van der Waals surface area (Å²) in [6.45, 7) is 2.36. The smallest absolute Gasteiger partial charge is 0.233 e. The largest absolute Gasteiger partial charge is 0.370 e. The van der Waals surface area contributed by atoms with Crippen LogP contribution in [-0.2, 0) is 9.59 Å². The third-order valence-electron chi connectivity index (χ3n) is 1.51. The normalized spacial score (nSPS) is 12.2. The van der Waals surface area contributed by atoms with E-state index < -0.39 is 0 Å². The number of hydrogen-bond acceptors (Lipinski definition) is 2. The Bertz CT molecular complexity index is 183. The molecule has 4 nitrogen and oxygen atoms in total. The molecule has 0 fully saturated rings. The number of alkyl halides is 1. The fraction of sp³-hybridized carbons (Fsp3) is 0.750. The van der Waals surface area contributed by atoms with Gasteiger partial charge in [-0.15, -0.1) is 0 Å². The Morgan fingerprint density at radius 3 is 2.54 bits per heavy atom. The number of nitrogens with one attached hydrogen (secondary N) is 1. The molecule has 1 atom stereocenters. The van der Waals surface area contributed by atoms with E-state index in [0.717, 1.165) is 12.8 Å². The molecule has 2 amide bonds. The van der Waals surface area contributed by atoms with Crippen molar-refractivity contribution >= 4 is 27.7 Å². The van der Waals surface area contributed by atoms with E-state index >= 15 is 0 Å². The van der Waals surface area contributed by atoms with Crippen molar-refractivity contribution in [1.82, 2.24) is 5.32 Å². The molecule has 3 N–H and O–H groups in total. The van der Waals surface area contributed by atoms with Gasteiger partial charge in [-0.2, -0.15) is 0 Å². The first-order valence-electron chi connectivity index (χ1n) is 4.24. The van der Waals surface area contributed by atoms with E-state index in [9.17, 15) is 9.59 Å². The highest BCUT2D eigenvalue weighted by molar-refractivity contribution is 9.10. The van der Waals surface area contributed by atoms with Gasteiger partial charge in [0.05, 0.1) is 4.83 Å². The van der Waals surface area contributed by atoms with Crippen LogP contribution in [0, 0.1) is 0 Å². The average Bonchev–Trinajstić information content (AvgIpc) is 2.02. The van der Waals surface area contributed by atoms with Crippen LogP contribution in [-0.4, -0.2) is 23.2 Å². The third-order valence-corrected chi connectivity index (χ3v) is 1.93. The number of rotatable bonds is 6. The minimum atomic E-state index is -0.291. The fourth-order valence-corrected chi connectivity index (χ4v) is 0.938. The Morgan fingerprint density at radius 2 is 2.08 bits per heavy atom. The lowest BCUT2D eigenvalue weighted by atomic mass is 10.2. The lowest BCUT2D eigenvalue weighted by Crippen LogP contribution is -2.30. The van der Waals surface area contributed by atoms with Crippen LogP contribution in [0.15, 0.2) is 0 Å². The molecule has 0 aliphatic rings. The second-order valence-corrected chi connectivity index (χ2v) is 4.20. The highest BCUT2D eigenvalue weighted by atomic mass is 79.9. The molecule has 0 radical (unpaired) electrons. The highest BCUT2D eigenvalue weighted by Crippen LogP contribution is 1.97. The zero-order valence-corrected chi connectivity index (χ0v) is 9.26. The summed E-state index contributed by atoms with van der Waals surface area (Å²) in [7, 11) is 0. The van der Waals surface area contributed by atoms with Crippen molar-refractivity contribution < 1.29 is 9.59 Å². The molecule has 76 valence electrons. The number of carbonyl (C=O) groups is 2. The maximum Gasteiger partial charge on any atom is 0.233 e. The Balaban J connectivity index is 3.26. The van der Waals surface area contributed by atoms with Crippen molar-refractivity contribution in [3.63, 3.8) is 0 Å². The Morgan fingerprint density at radius 1 is 1.46 bits per heavy atom. The number of halogens is 1. The van der Waals surface area contributed by atoms with E-state index in [1.165, 1.54) is 0 Å². The summed E-state index contributed by atoms with van der Waals surface area (Å²) in [4.78, 5) is 21.2. The van der Waals surface area contributed by atoms with Crippen LogP contribution in [0.3, 0.4) is 0 Å². The molecule has 0 saturated heterocycles. The van der Waals surface area contributed by atoms with E-state index in [0.29, 0.717) is 13.0 Å². The molecule has 5 heteroatoms. The molecule has 0 saturated carbocycles. The molecular weight excluding hydrogens is 236 g/mol. The van der Waals surface area contributed by atoms with Crippen LogP contribution in [0.1, 0.15) is 26.2 Å². The number of unbranched alkanes of at least 4 members (excludes halogenated alkanes) is 1. The summed E-state index contributed by atoms with van der Waals surface area (Å²) in [6.07, 6.45) is 1.90. The second-order valence-electron chi connectivity index (χ2n) is 2.83. The van der Waals surface area contributed by atoms with Crippen molar-refractivity contribution in [2.75, 3.05) is 6.54 Å². The molecule has 0 aromatic heterocycles. The van der Waals surface area contributed by atoms with E-state index in [-0.39, 0.29) is 16.6 Å². The van der Waals surface area contributed by atoms with Crippen molar-refractivity contribution in [3.8, 4) is 0 Å². The van der Waals surface area contributed by atoms with Gasteiger partial charge in [-0.05, 0) is 19.8 Å². The monoisotopic (exact) mass is 250 g/mol. The molecular formula is C8H15BrN2O2. The standard InChI is InChI=1S/C8H15BrN2O2/c1-6(9)8(13)11-5-3-2-4-7(10)12/h6H,2-5H2,1H3,(H2,10,12)(H,11,13). The minimum Gasteiger partial charge on any atom is -0.370 e. The molecule has 0 rings (SSSR count). The maximum atomic E-state index is 11.0. The predicted molar refractivity (Wildman–Crippen MR) is 54.4 cm³/mol. The first-order chi connectivity index (χ1) is 6.04. The Hall–Kier alpha value is -0.580. The summed E-state index contributed by atoms with van der Waals surface area (Å²) in [5.74, 6) is -0.320. The van der Waals surface area contributed by atoms with Gasteiger partial charge in [0.1, 0.15) is 0 Å². The molecule has 0 aromatic carbocycles. The summed E-state index contributed by atoms with van der Waals surface area (Å²) >= 11 is 3.15. The molecule has 0 bridgehead atoms. The SMILES string of the molecule is CC(Br)C(=O)NCCCCC(N)=O. The number of amides is 2. The van der Waals surface area contributed by atoms with Crippen molar-refractivity contribution in [1.29, 1.82) is 0 Å². The van der Waals surface area contributed by atoms with Gasteiger partial charge in [-0.1, -0.05) is 15.9 Å². The lowest BCUT2D eigenvalue weighted by molar-refractivity contribution is -0.120. The summed E-state index contributed by atoms with van der Waals surface area (Å²) in [5.41, 5.74) is 4.95. The third kappa shape index (κ3) is 7.77. The van der Waals surface area contributed by atoms with Crippen LogP contribution >= 0.6 is 15.9 Å². The van der Waals surface area contributed by atoms with E-state index in [2.05, 4.69) is 21.2 Å². The molecule has 0 aliphatic heterocycles. The molecule has 0 heterocycles. The van der Waals surface area contributed by atoms with E-state index in [4.69, 9.17) is 5.73 Å². The number of carbonyl (C=O) groups excluding carboxylic acids is 2. The van der Waals surface area contributed by atoms with Crippen molar-refractivity contribution in [2.24, 2.45) is 5.73 Å². The van der Waals surface area contributed by atoms with Gasteiger partial charge in [0.15, 0.2) is 0 Å². The molecule has 1 unspecified atom stereocenters. The van der Waals surface area contributed by atoms with Gasteiger partial charge >= 0.3 is 0 Å². The molecule has 0 aromatic rings. The van der Waals surface area contributed by atoms with Gasteiger partial charge in [-0.3, -0.25) is 9.59 Å². The van der Waals surface area contributed by atoms with Crippen LogP contribution in [0.5, 0.6) is 0 Å². The number of primary amides is 1. The summed E-state index contributed by atoms with van der Waals surface area (Å²) in [5, 5.41) is 2.72. The van der Waals surface area contributed by atoms with Crippen molar-refractivity contribution in [3.05, 3.63) is 0 Å². The fourth-order valence-electron chi connectivity index (χ4n) is 0.776. The van der Waals surface area contributed by atoms with Crippen LogP contribution in [0.2, 0.25) is 0 Å². The van der Waals surface area contributed by atoms with Crippen LogP contribution < -0.4 is 11.1 Å². The Kier molecular flexibility index (Phi) is 6.58. The van der Waals surface area contributed by atoms with E-state index in [1.807, 2.05) is 0 Å². The van der Waals surface area contributed by atoms with Gasteiger partial charge in [0.25, 0.3) is 0 Å². The zero-order valence-electron chi connectivity index (χ0n) is 7.68. The number of nitrogens with two attached hydrogens (primary N) is 1. The van der Waals surface area contributed by atoms with Crippen molar-refractivity contribution in [2.45, 2.75) is 31.0 Å². The molecule has 0 spiro atoms. The first kappa shape index (κ1) is 12.4. The lowest BCUT2D eigenvalue weighted by Gasteiger charge is -2.05. The van der Waals surface area contributed by atoms with Crippen LogP contribution in [0.25, 0.3) is 0 Å². The highest BCUT2D eigenvalue weighted by Gasteiger charge is 2.06. The van der Waals surface area contributed by atoms with Gasteiger partial charge in [0, 0.05) is 13.0 Å². The zero-order chi connectivity index (χ0) is 10.3. The quantitative estimate of drug-likeness (QED) is 0.534.